The van der Waals surface area contributed by atoms with Crippen LogP contribution in [0.4, 0.5) is 5.69 Å². The summed E-state index contributed by atoms with van der Waals surface area (Å²) in [6, 6.07) is 15.1. The van der Waals surface area contributed by atoms with Crippen LogP contribution in [0, 0.1) is 0 Å². The standard InChI is InChI=1S/C16H13N5O/c1-10-14(12-8-5-9-13-15(12)18-20-17-13)16(22)21(19-10)11-6-3-2-4-7-11/h2-9,14H,1H3,(H,17,18,20). The molecule has 22 heavy (non-hydrogen) atoms. The number of hydrogen-bond acceptors (Lipinski definition) is 4. The number of nitrogens with one attached hydrogen (secondary N) is 1. The fourth-order valence-electron chi connectivity index (χ4n) is 2.80. The normalized spacial score (nSPS) is 18.0. The Bertz CT molecular complexity index is 884. The van der Waals surface area contributed by atoms with Gasteiger partial charge >= 0.3 is 0 Å². The molecule has 4 rings (SSSR count). The van der Waals surface area contributed by atoms with Gasteiger partial charge < -0.3 is 0 Å². The lowest BCUT2D eigenvalue weighted by atomic mass is 9.93. The van der Waals surface area contributed by atoms with Crippen LogP contribution in [0.3, 0.4) is 0 Å². The van der Waals surface area contributed by atoms with E-state index in [2.05, 4.69) is 20.5 Å². The Balaban J connectivity index is 1.80. The van der Waals surface area contributed by atoms with Crippen molar-refractivity contribution in [3.63, 3.8) is 0 Å². The van der Waals surface area contributed by atoms with E-state index in [0.717, 1.165) is 22.5 Å². The number of anilines is 1. The van der Waals surface area contributed by atoms with Gasteiger partial charge in [-0.15, -0.1) is 0 Å². The van der Waals surface area contributed by atoms with E-state index in [1.54, 1.807) is 0 Å². The van der Waals surface area contributed by atoms with E-state index >= 15 is 0 Å². The SMILES string of the molecule is CC1=NN(c2ccccc2)C(=O)C1c1cccc2n[nH]nc12. The highest BCUT2D eigenvalue weighted by Crippen LogP contribution is 2.32. The third-order valence-corrected chi connectivity index (χ3v) is 3.82. The monoisotopic (exact) mass is 291 g/mol. The maximum Gasteiger partial charge on any atom is 0.260 e. The fourth-order valence-corrected chi connectivity index (χ4v) is 2.80. The first-order chi connectivity index (χ1) is 10.8. The number of benzene rings is 2. The molecule has 1 unspecified atom stereocenters. The summed E-state index contributed by atoms with van der Waals surface area (Å²) in [6.07, 6.45) is 0. The maximum absolute atomic E-state index is 12.8. The average Bonchev–Trinajstić information content (AvgIpc) is 3.13. The number of aromatic nitrogens is 3. The molecule has 0 spiro atoms. The van der Waals surface area contributed by atoms with Crippen molar-refractivity contribution in [2.24, 2.45) is 5.10 Å². The Morgan fingerprint density at radius 2 is 1.86 bits per heavy atom. The highest BCUT2D eigenvalue weighted by Gasteiger charge is 2.36. The molecule has 0 fully saturated rings. The lowest BCUT2D eigenvalue weighted by Gasteiger charge is -2.14. The quantitative estimate of drug-likeness (QED) is 0.788. The number of H-pyrrole nitrogens is 1. The third-order valence-electron chi connectivity index (χ3n) is 3.82. The van der Waals surface area contributed by atoms with Crippen molar-refractivity contribution < 1.29 is 4.79 Å². The second-order valence-electron chi connectivity index (χ2n) is 5.20. The Hall–Kier alpha value is -3.02. The van der Waals surface area contributed by atoms with Gasteiger partial charge in [-0.05, 0) is 25.1 Å². The number of para-hydroxylation sites is 2. The lowest BCUT2D eigenvalue weighted by molar-refractivity contribution is -0.118. The summed E-state index contributed by atoms with van der Waals surface area (Å²) in [4.78, 5) is 12.8. The minimum absolute atomic E-state index is 0.0702. The van der Waals surface area contributed by atoms with Crippen LogP contribution < -0.4 is 5.01 Å². The second kappa shape index (κ2) is 4.77. The van der Waals surface area contributed by atoms with Crippen molar-refractivity contribution in [1.29, 1.82) is 0 Å². The van der Waals surface area contributed by atoms with Gasteiger partial charge in [-0.25, -0.2) is 0 Å². The molecule has 1 amide bonds. The number of amides is 1. The van der Waals surface area contributed by atoms with Crippen LogP contribution in [0.1, 0.15) is 18.4 Å². The summed E-state index contributed by atoms with van der Waals surface area (Å²) in [5, 5.41) is 16.7. The van der Waals surface area contributed by atoms with Crippen molar-refractivity contribution in [3.8, 4) is 0 Å². The molecule has 6 heteroatoms. The van der Waals surface area contributed by atoms with Crippen LogP contribution in [-0.2, 0) is 4.79 Å². The van der Waals surface area contributed by atoms with Crippen LogP contribution in [0.15, 0.2) is 53.6 Å². The van der Waals surface area contributed by atoms with E-state index in [9.17, 15) is 4.79 Å². The number of carbonyl (C=O) groups is 1. The number of aromatic amines is 1. The maximum atomic E-state index is 12.8. The van der Waals surface area contributed by atoms with Gasteiger partial charge in [-0.2, -0.15) is 25.5 Å². The molecule has 0 bridgehead atoms. The Kier molecular flexibility index (Phi) is 2.75. The summed E-state index contributed by atoms with van der Waals surface area (Å²) in [7, 11) is 0. The molecule has 0 radical (unpaired) electrons. The Labute approximate surface area is 126 Å². The average molecular weight is 291 g/mol. The lowest BCUT2D eigenvalue weighted by Crippen LogP contribution is -2.25. The van der Waals surface area contributed by atoms with Gasteiger partial charge in [0.1, 0.15) is 17.0 Å². The van der Waals surface area contributed by atoms with Crippen molar-refractivity contribution in [2.75, 3.05) is 5.01 Å². The summed E-state index contributed by atoms with van der Waals surface area (Å²) >= 11 is 0. The molecule has 1 N–H and O–H groups in total. The second-order valence-corrected chi connectivity index (χ2v) is 5.20. The number of hydrogen-bond donors (Lipinski definition) is 1. The first-order valence-electron chi connectivity index (χ1n) is 6.99. The zero-order valence-corrected chi connectivity index (χ0v) is 11.9. The molecule has 2 aromatic carbocycles. The van der Waals surface area contributed by atoms with Crippen molar-refractivity contribution in [3.05, 3.63) is 54.1 Å². The van der Waals surface area contributed by atoms with E-state index in [4.69, 9.17) is 0 Å². The van der Waals surface area contributed by atoms with Gasteiger partial charge in [0.25, 0.3) is 5.91 Å². The largest absolute Gasteiger partial charge is 0.271 e. The van der Waals surface area contributed by atoms with Gasteiger partial charge in [-0.3, -0.25) is 4.79 Å². The van der Waals surface area contributed by atoms with Gasteiger partial charge in [0.2, 0.25) is 0 Å². The molecule has 1 aromatic heterocycles. The highest BCUT2D eigenvalue weighted by molar-refractivity contribution is 6.20. The molecule has 0 aliphatic carbocycles. The third kappa shape index (κ3) is 1.81. The van der Waals surface area contributed by atoms with Crippen molar-refractivity contribution in [1.82, 2.24) is 15.4 Å². The van der Waals surface area contributed by atoms with Gasteiger partial charge in [0.05, 0.1) is 11.4 Å². The summed E-state index contributed by atoms with van der Waals surface area (Å²) in [6.45, 7) is 1.87. The molecule has 1 atom stereocenters. The van der Waals surface area contributed by atoms with Crippen LogP contribution in [0.5, 0.6) is 0 Å². The zero-order chi connectivity index (χ0) is 15.1. The highest BCUT2D eigenvalue weighted by atomic mass is 16.2. The first kappa shape index (κ1) is 12.7. The van der Waals surface area contributed by atoms with E-state index in [1.807, 2.05) is 55.5 Å². The van der Waals surface area contributed by atoms with E-state index in [-0.39, 0.29) is 5.91 Å². The Morgan fingerprint density at radius 1 is 1.05 bits per heavy atom. The van der Waals surface area contributed by atoms with E-state index < -0.39 is 5.92 Å². The van der Waals surface area contributed by atoms with Gasteiger partial charge in [0.15, 0.2) is 0 Å². The summed E-state index contributed by atoms with van der Waals surface area (Å²) in [5.74, 6) is -0.492. The minimum atomic E-state index is -0.422. The van der Waals surface area contributed by atoms with Crippen LogP contribution in [0.25, 0.3) is 11.0 Å². The van der Waals surface area contributed by atoms with Gasteiger partial charge in [-0.1, -0.05) is 30.3 Å². The number of hydrazone groups is 1. The molecule has 0 saturated carbocycles. The molecule has 3 aromatic rings. The van der Waals surface area contributed by atoms with Crippen molar-refractivity contribution >= 4 is 28.3 Å². The molecule has 6 nitrogen and oxygen atoms in total. The number of carbonyl (C=O) groups excluding carboxylic acids is 1. The predicted molar refractivity (Wildman–Crippen MR) is 83.7 cm³/mol. The zero-order valence-electron chi connectivity index (χ0n) is 11.9. The molecule has 108 valence electrons. The summed E-state index contributed by atoms with van der Waals surface area (Å²) < 4.78 is 0. The minimum Gasteiger partial charge on any atom is -0.271 e. The topological polar surface area (TPSA) is 74.2 Å². The molecule has 2 heterocycles. The Morgan fingerprint density at radius 3 is 2.68 bits per heavy atom. The summed E-state index contributed by atoms with van der Waals surface area (Å²) in [5.41, 5.74) is 3.81. The predicted octanol–water partition coefficient (Wildman–Crippen LogP) is 2.46. The number of fused-ring (bicyclic) bond motifs is 1. The van der Waals surface area contributed by atoms with E-state index in [1.165, 1.54) is 5.01 Å². The first-order valence-corrected chi connectivity index (χ1v) is 6.99. The molecular formula is C16H13N5O. The van der Waals surface area contributed by atoms with Crippen LogP contribution >= 0.6 is 0 Å². The molecule has 0 saturated heterocycles. The van der Waals surface area contributed by atoms with Crippen LogP contribution in [0.2, 0.25) is 0 Å². The fraction of sp³-hybridized carbons (Fsp3) is 0.125. The smallest absolute Gasteiger partial charge is 0.260 e. The molecule has 1 aliphatic rings. The van der Waals surface area contributed by atoms with Gasteiger partial charge in [0, 0.05) is 5.56 Å². The van der Waals surface area contributed by atoms with Crippen molar-refractivity contribution in [2.45, 2.75) is 12.8 Å². The van der Waals surface area contributed by atoms with E-state index in [0.29, 0.717) is 5.52 Å². The molecule has 1 aliphatic heterocycles. The molecular weight excluding hydrogens is 278 g/mol. The number of nitrogens with zero attached hydrogens (tertiary/aromatic N) is 4. The van der Waals surface area contributed by atoms with Crippen LogP contribution in [-0.4, -0.2) is 27.0 Å². The number of rotatable bonds is 2.